The largest absolute Gasteiger partial charge is 0.395 e. The number of anilines is 1. The fourth-order valence-corrected chi connectivity index (χ4v) is 4.27. The van der Waals surface area contributed by atoms with E-state index in [2.05, 4.69) is 10.3 Å². The lowest BCUT2D eigenvalue weighted by Gasteiger charge is -2.33. The van der Waals surface area contributed by atoms with Crippen molar-refractivity contribution in [2.75, 3.05) is 25.0 Å². The zero-order valence-electron chi connectivity index (χ0n) is 11.6. The summed E-state index contributed by atoms with van der Waals surface area (Å²) in [6, 6.07) is 3.07. The summed E-state index contributed by atoms with van der Waals surface area (Å²) in [5.41, 5.74) is 0.511. The quantitative estimate of drug-likeness (QED) is 0.849. The smallest absolute Gasteiger partial charge is 0.262 e. The maximum Gasteiger partial charge on any atom is 0.262 e. The van der Waals surface area contributed by atoms with E-state index in [0.29, 0.717) is 25.2 Å². The van der Waals surface area contributed by atoms with Crippen LogP contribution in [0.5, 0.6) is 0 Å². The van der Waals surface area contributed by atoms with Gasteiger partial charge in [0.15, 0.2) is 5.03 Å². The molecular weight excluding hydrogens is 278 g/mol. The third-order valence-electron chi connectivity index (χ3n) is 3.48. The van der Waals surface area contributed by atoms with Gasteiger partial charge in [0.2, 0.25) is 0 Å². The second kappa shape index (κ2) is 6.51. The molecule has 1 aliphatic heterocycles. The van der Waals surface area contributed by atoms with E-state index >= 15 is 0 Å². The van der Waals surface area contributed by atoms with Gasteiger partial charge in [-0.15, -0.1) is 0 Å². The van der Waals surface area contributed by atoms with Crippen molar-refractivity contribution < 1.29 is 13.5 Å². The van der Waals surface area contributed by atoms with Crippen molar-refractivity contribution in [3.63, 3.8) is 0 Å². The molecular formula is C13H21N3O3S. The molecule has 0 spiro atoms. The van der Waals surface area contributed by atoms with Gasteiger partial charge in [0.1, 0.15) is 0 Å². The second-order valence-electron chi connectivity index (χ2n) is 4.83. The van der Waals surface area contributed by atoms with Crippen LogP contribution in [0.15, 0.2) is 23.4 Å². The first-order valence-electron chi connectivity index (χ1n) is 6.92. The van der Waals surface area contributed by atoms with Gasteiger partial charge in [-0.1, -0.05) is 6.42 Å². The Bertz CT molecular complexity index is 548. The number of aliphatic hydroxyl groups excluding tert-OH is 1. The third-order valence-corrected chi connectivity index (χ3v) is 5.39. The minimum absolute atomic E-state index is 0.0437. The van der Waals surface area contributed by atoms with Gasteiger partial charge in [-0.2, -0.15) is 4.31 Å². The molecule has 2 heterocycles. The van der Waals surface area contributed by atoms with Gasteiger partial charge in [-0.3, -0.25) is 0 Å². The molecule has 0 aromatic carbocycles. The monoisotopic (exact) mass is 299 g/mol. The molecule has 0 bridgehead atoms. The number of aromatic nitrogens is 1. The molecule has 1 saturated heterocycles. The average Bonchev–Trinajstić information content (AvgIpc) is 2.48. The van der Waals surface area contributed by atoms with Crippen LogP contribution >= 0.6 is 0 Å². The first kappa shape index (κ1) is 15.2. The number of hydrogen-bond donors (Lipinski definition) is 2. The Morgan fingerprint density at radius 2 is 2.30 bits per heavy atom. The molecule has 7 heteroatoms. The first-order valence-corrected chi connectivity index (χ1v) is 8.37. The topological polar surface area (TPSA) is 82.5 Å². The third kappa shape index (κ3) is 2.94. The summed E-state index contributed by atoms with van der Waals surface area (Å²) >= 11 is 0. The standard InChI is InChI=1S/C13H21N3O3S/c1-2-14-12-7-5-8-15-13(12)20(18,19)16-9-4-3-6-11(16)10-17/h5,7-8,11,14,17H,2-4,6,9-10H2,1H3. The van der Waals surface area contributed by atoms with Crippen molar-refractivity contribution in [2.45, 2.75) is 37.3 Å². The first-order chi connectivity index (χ1) is 9.61. The highest BCUT2D eigenvalue weighted by atomic mass is 32.2. The normalized spacial score (nSPS) is 20.8. The van der Waals surface area contributed by atoms with Crippen molar-refractivity contribution in [2.24, 2.45) is 0 Å². The summed E-state index contributed by atoms with van der Waals surface area (Å²) in [5, 5.41) is 12.5. The van der Waals surface area contributed by atoms with Crippen LogP contribution < -0.4 is 5.32 Å². The van der Waals surface area contributed by atoms with Crippen molar-refractivity contribution >= 4 is 15.7 Å². The summed E-state index contributed by atoms with van der Waals surface area (Å²) in [6.45, 7) is 2.82. The summed E-state index contributed by atoms with van der Waals surface area (Å²) in [6.07, 6.45) is 3.93. The highest BCUT2D eigenvalue weighted by Crippen LogP contribution is 2.27. The minimum atomic E-state index is -3.68. The van der Waals surface area contributed by atoms with Crippen molar-refractivity contribution in [1.29, 1.82) is 0 Å². The van der Waals surface area contributed by atoms with Gasteiger partial charge in [-0.05, 0) is 31.9 Å². The molecule has 1 aliphatic rings. The molecule has 112 valence electrons. The second-order valence-corrected chi connectivity index (χ2v) is 6.64. The fraction of sp³-hybridized carbons (Fsp3) is 0.615. The lowest BCUT2D eigenvalue weighted by atomic mass is 10.1. The van der Waals surface area contributed by atoms with E-state index in [1.807, 2.05) is 6.92 Å². The molecule has 6 nitrogen and oxygen atoms in total. The molecule has 2 N–H and O–H groups in total. The summed E-state index contributed by atoms with van der Waals surface area (Å²) in [7, 11) is -3.68. The van der Waals surface area contributed by atoms with Crippen molar-refractivity contribution in [1.82, 2.24) is 9.29 Å². The Kier molecular flexibility index (Phi) is 4.95. The minimum Gasteiger partial charge on any atom is -0.395 e. The highest BCUT2D eigenvalue weighted by Gasteiger charge is 2.35. The number of nitrogens with one attached hydrogen (secondary N) is 1. The average molecular weight is 299 g/mol. The van der Waals surface area contributed by atoms with Gasteiger partial charge in [-0.25, -0.2) is 13.4 Å². The zero-order valence-corrected chi connectivity index (χ0v) is 12.4. The van der Waals surface area contributed by atoms with E-state index in [9.17, 15) is 13.5 Å². The van der Waals surface area contributed by atoms with Gasteiger partial charge in [0.05, 0.1) is 12.3 Å². The maximum absolute atomic E-state index is 12.8. The molecule has 20 heavy (non-hydrogen) atoms. The SMILES string of the molecule is CCNc1cccnc1S(=O)(=O)N1CCCCC1CO. The van der Waals surface area contributed by atoms with Crippen LogP contribution in [-0.4, -0.2) is 48.6 Å². The molecule has 0 saturated carbocycles. The fourth-order valence-electron chi connectivity index (χ4n) is 2.51. The van der Waals surface area contributed by atoms with Crippen molar-refractivity contribution in [3.05, 3.63) is 18.3 Å². The molecule has 1 aromatic rings. The Balaban J connectivity index is 2.38. The van der Waals surface area contributed by atoms with Crippen LogP contribution in [0.4, 0.5) is 5.69 Å². The van der Waals surface area contributed by atoms with Crippen LogP contribution in [0, 0.1) is 0 Å². The Hall–Kier alpha value is -1.18. The Morgan fingerprint density at radius 3 is 3.00 bits per heavy atom. The van der Waals surface area contributed by atoms with Crippen LogP contribution in [-0.2, 0) is 10.0 Å². The van der Waals surface area contributed by atoms with E-state index in [4.69, 9.17) is 0 Å². The van der Waals surface area contributed by atoms with E-state index in [1.54, 1.807) is 12.1 Å². The number of piperidine rings is 1. The molecule has 0 amide bonds. The predicted octanol–water partition coefficient (Wildman–Crippen LogP) is 1.05. The van der Waals surface area contributed by atoms with Gasteiger partial charge in [0.25, 0.3) is 10.0 Å². The number of rotatable bonds is 5. The summed E-state index contributed by atoms with van der Waals surface area (Å²) < 4.78 is 26.9. The van der Waals surface area contributed by atoms with Crippen LogP contribution in [0.3, 0.4) is 0 Å². The van der Waals surface area contributed by atoms with Crippen molar-refractivity contribution in [3.8, 4) is 0 Å². The number of aliphatic hydroxyl groups is 1. The Morgan fingerprint density at radius 1 is 1.50 bits per heavy atom. The lowest BCUT2D eigenvalue weighted by Crippen LogP contribution is -2.45. The van der Waals surface area contributed by atoms with Crippen LogP contribution in [0.2, 0.25) is 0 Å². The number of sulfonamides is 1. The van der Waals surface area contributed by atoms with E-state index in [1.165, 1.54) is 10.5 Å². The van der Waals surface area contributed by atoms with E-state index in [-0.39, 0.29) is 17.7 Å². The molecule has 1 unspecified atom stereocenters. The summed E-state index contributed by atoms with van der Waals surface area (Å²) in [4.78, 5) is 4.04. The number of nitrogens with zero attached hydrogens (tertiary/aromatic N) is 2. The van der Waals surface area contributed by atoms with Crippen LogP contribution in [0.25, 0.3) is 0 Å². The van der Waals surface area contributed by atoms with E-state index in [0.717, 1.165) is 12.8 Å². The zero-order chi connectivity index (χ0) is 14.6. The van der Waals surface area contributed by atoms with Crippen LogP contribution in [0.1, 0.15) is 26.2 Å². The molecule has 1 fully saturated rings. The summed E-state index contributed by atoms with van der Waals surface area (Å²) in [5.74, 6) is 0. The van der Waals surface area contributed by atoms with Gasteiger partial charge < -0.3 is 10.4 Å². The molecule has 1 aromatic heterocycles. The number of hydrogen-bond acceptors (Lipinski definition) is 5. The highest BCUT2D eigenvalue weighted by molar-refractivity contribution is 7.89. The molecule has 1 atom stereocenters. The molecule has 0 aliphatic carbocycles. The molecule has 2 rings (SSSR count). The predicted molar refractivity (Wildman–Crippen MR) is 77.0 cm³/mol. The number of pyridine rings is 1. The lowest BCUT2D eigenvalue weighted by molar-refractivity contribution is 0.155. The van der Waals surface area contributed by atoms with Gasteiger partial charge >= 0.3 is 0 Å². The van der Waals surface area contributed by atoms with E-state index < -0.39 is 10.0 Å². The Labute approximate surface area is 119 Å². The maximum atomic E-state index is 12.8. The van der Waals surface area contributed by atoms with Gasteiger partial charge in [0, 0.05) is 25.3 Å². The molecule has 0 radical (unpaired) electrons.